The van der Waals surface area contributed by atoms with Crippen molar-refractivity contribution in [2.45, 2.75) is 45.7 Å². The van der Waals surface area contributed by atoms with Crippen LogP contribution in [0.25, 0.3) is 0 Å². The summed E-state index contributed by atoms with van der Waals surface area (Å²) in [7, 11) is 0. The molecule has 0 bridgehead atoms. The van der Waals surface area contributed by atoms with Crippen LogP contribution >= 0.6 is 0 Å². The molecule has 0 radical (unpaired) electrons. The second-order valence-electron chi connectivity index (χ2n) is 5.15. The third kappa shape index (κ3) is 3.00. The highest BCUT2D eigenvalue weighted by Crippen LogP contribution is 2.24. The van der Waals surface area contributed by atoms with Crippen molar-refractivity contribution in [1.82, 2.24) is 14.5 Å². The molecule has 1 saturated heterocycles. The summed E-state index contributed by atoms with van der Waals surface area (Å²) in [5, 5.41) is 3.42. The lowest BCUT2D eigenvalue weighted by atomic mass is 10.1. The van der Waals surface area contributed by atoms with E-state index in [0.29, 0.717) is 12.1 Å². The monoisotopic (exact) mass is 236 g/mol. The Morgan fingerprint density at radius 1 is 1.53 bits per heavy atom. The summed E-state index contributed by atoms with van der Waals surface area (Å²) >= 11 is 0. The number of likely N-dealkylation sites (N-methyl/N-ethyl adjacent to an activating group) is 1. The average Bonchev–Trinajstić information content (AvgIpc) is 2.76. The maximum absolute atomic E-state index is 4.42. The van der Waals surface area contributed by atoms with Crippen LogP contribution in [0.15, 0.2) is 12.4 Å². The van der Waals surface area contributed by atoms with Crippen molar-refractivity contribution < 1.29 is 0 Å². The molecule has 1 N–H and O–H groups in total. The van der Waals surface area contributed by atoms with Gasteiger partial charge in [0.15, 0.2) is 0 Å². The van der Waals surface area contributed by atoms with E-state index in [1.54, 1.807) is 0 Å². The maximum atomic E-state index is 4.42. The molecule has 2 rings (SSSR count). The van der Waals surface area contributed by atoms with E-state index in [-0.39, 0.29) is 0 Å². The summed E-state index contributed by atoms with van der Waals surface area (Å²) in [5.74, 6) is 1.02. The molecular formula is C13H24N4. The van der Waals surface area contributed by atoms with Gasteiger partial charge in [0, 0.05) is 31.0 Å². The number of nitrogens with zero attached hydrogens (tertiary/aromatic N) is 3. The lowest BCUT2D eigenvalue weighted by Crippen LogP contribution is -2.36. The summed E-state index contributed by atoms with van der Waals surface area (Å²) < 4.78 is 2.31. The van der Waals surface area contributed by atoms with Gasteiger partial charge >= 0.3 is 0 Å². The molecule has 1 aliphatic rings. The van der Waals surface area contributed by atoms with Gasteiger partial charge in [-0.15, -0.1) is 0 Å². The Bertz CT molecular complexity index is 345. The molecule has 1 unspecified atom stereocenters. The molecule has 1 aromatic heterocycles. The Kier molecular flexibility index (Phi) is 4.05. The van der Waals surface area contributed by atoms with Crippen molar-refractivity contribution in [3.05, 3.63) is 12.4 Å². The normalized spacial score (nSPS) is 22.0. The Morgan fingerprint density at radius 3 is 3.06 bits per heavy atom. The van der Waals surface area contributed by atoms with E-state index in [0.717, 1.165) is 19.0 Å². The molecular weight excluding hydrogens is 212 g/mol. The van der Waals surface area contributed by atoms with Gasteiger partial charge in [0.05, 0.1) is 0 Å². The van der Waals surface area contributed by atoms with Crippen LogP contribution in [0.2, 0.25) is 0 Å². The van der Waals surface area contributed by atoms with E-state index >= 15 is 0 Å². The van der Waals surface area contributed by atoms with Crippen molar-refractivity contribution in [1.29, 1.82) is 0 Å². The van der Waals surface area contributed by atoms with E-state index in [1.165, 1.54) is 19.4 Å². The molecule has 4 nitrogen and oxygen atoms in total. The molecule has 1 fully saturated rings. The van der Waals surface area contributed by atoms with Crippen LogP contribution in [-0.2, 0) is 0 Å². The van der Waals surface area contributed by atoms with Gasteiger partial charge in [-0.3, -0.25) is 0 Å². The molecule has 1 aliphatic heterocycles. The van der Waals surface area contributed by atoms with Crippen LogP contribution in [0.5, 0.6) is 0 Å². The first-order valence-corrected chi connectivity index (χ1v) is 6.72. The van der Waals surface area contributed by atoms with Crippen LogP contribution in [0, 0.1) is 0 Å². The standard InChI is InChI=1S/C13H24N4/c1-4-16-8-5-6-12(10-16)17-9-7-14-13(17)15-11(2)3/h7,9,11-12H,4-6,8,10H2,1-3H3,(H,14,15). The minimum atomic E-state index is 0.432. The number of aromatic nitrogens is 2. The van der Waals surface area contributed by atoms with Crippen LogP contribution in [0.1, 0.15) is 39.7 Å². The summed E-state index contributed by atoms with van der Waals surface area (Å²) in [6.07, 6.45) is 6.56. The molecule has 4 heteroatoms. The third-order valence-electron chi connectivity index (χ3n) is 3.41. The molecule has 0 saturated carbocycles. The number of anilines is 1. The Hall–Kier alpha value is -1.03. The number of nitrogens with one attached hydrogen (secondary N) is 1. The first kappa shape index (κ1) is 12.4. The molecule has 96 valence electrons. The average molecular weight is 236 g/mol. The Morgan fingerprint density at radius 2 is 2.35 bits per heavy atom. The zero-order valence-corrected chi connectivity index (χ0v) is 11.2. The van der Waals surface area contributed by atoms with Gasteiger partial charge < -0.3 is 14.8 Å². The smallest absolute Gasteiger partial charge is 0.203 e. The van der Waals surface area contributed by atoms with Crippen molar-refractivity contribution in [2.75, 3.05) is 25.0 Å². The minimum Gasteiger partial charge on any atom is -0.353 e. The van der Waals surface area contributed by atoms with E-state index in [2.05, 4.69) is 46.7 Å². The zero-order chi connectivity index (χ0) is 12.3. The largest absolute Gasteiger partial charge is 0.353 e. The van der Waals surface area contributed by atoms with Crippen molar-refractivity contribution in [3.8, 4) is 0 Å². The van der Waals surface area contributed by atoms with E-state index in [1.807, 2.05) is 6.20 Å². The van der Waals surface area contributed by atoms with Gasteiger partial charge in [0.25, 0.3) is 0 Å². The Labute approximate surface area is 104 Å². The molecule has 0 aliphatic carbocycles. The van der Waals surface area contributed by atoms with Gasteiger partial charge in [-0.25, -0.2) is 4.98 Å². The van der Waals surface area contributed by atoms with Gasteiger partial charge in [-0.05, 0) is 39.8 Å². The van der Waals surface area contributed by atoms with E-state index in [4.69, 9.17) is 0 Å². The molecule has 17 heavy (non-hydrogen) atoms. The zero-order valence-electron chi connectivity index (χ0n) is 11.2. The lowest BCUT2D eigenvalue weighted by molar-refractivity contribution is 0.186. The van der Waals surface area contributed by atoms with Crippen LogP contribution in [0.4, 0.5) is 5.95 Å². The van der Waals surface area contributed by atoms with E-state index < -0.39 is 0 Å². The maximum Gasteiger partial charge on any atom is 0.203 e. The van der Waals surface area contributed by atoms with Crippen LogP contribution < -0.4 is 5.32 Å². The van der Waals surface area contributed by atoms with Crippen molar-refractivity contribution in [3.63, 3.8) is 0 Å². The van der Waals surface area contributed by atoms with Crippen molar-refractivity contribution in [2.24, 2.45) is 0 Å². The third-order valence-corrected chi connectivity index (χ3v) is 3.41. The number of imidazole rings is 1. The second kappa shape index (κ2) is 5.54. The Balaban J connectivity index is 2.08. The number of hydrogen-bond donors (Lipinski definition) is 1. The fraction of sp³-hybridized carbons (Fsp3) is 0.769. The molecule has 1 aromatic rings. The summed E-state index contributed by atoms with van der Waals surface area (Å²) in [5.41, 5.74) is 0. The fourth-order valence-electron chi connectivity index (χ4n) is 2.52. The minimum absolute atomic E-state index is 0.432. The highest BCUT2D eigenvalue weighted by molar-refractivity contribution is 5.28. The first-order chi connectivity index (χ1) is 8.20. The molecule has 0 amide bonds. The topological polar surface area (TPSA) is 33.1 Å². The molecule has 1 atom stereocenters. The SMILES string of the molecule is CCN1CCCC(n2ccnc2NC(C)C)C1. The molecule has 0 aromatic carbocycles. The predicted octanol–water partition coefficient (Wildman–Crippen LogP) is 2.36. The van der Waals surface area contributed by atoms with Crippen LogP contribution in [0.3, 0.4) is 0 Å². The van der Waals surface area contributed by atoms with Gasteiger partial charge in [-0.1, -0.05) is 6.92 Å². The van der Waals surface area contributed by atoms with E-state index in [9.17, 15) is 0 Å². The summed E-state index contributed by atoms with van der Waals surface area (Å²) in [6, 6.07) is 1.01. The highest BCUT2D eigenvalue weighted by atomic mass is 15.3. The van der Waals surface area contributed by atoms with Gasteiger partial charge in [0.2, 0.25) is 5.95 Å². The summed E-state index contributed by atoms with van der Waals surface area (Å²) in [6.45, 7) is 10.1. The summed E-state index contributed by atoms with van der Waals surface area (Å²) in [4.78, 5) is 6.94. The fourth-order valence-corrected chi connectivity index (χ4v) is 2.52. The lowest BCUT2D eigenvalue weighted by Gasteiger charge is -2.33. The number of hydrogen-bond acceptors (Lipinski definition) is 3. The highest BCUT2D eigenvalue weighted by Gasteiger charge is 2.21. The molecule has 2 heterocycles. The number of piperidine rings is 1. The number of likely N-dealkylation sites (tertiary alicyclic amines) is 1. The molecule has 0 spiro atoms. The quantitative estimate of drug-likeness (QED) is 0.871. The number of rotatable bonds is 4. The van der Waals surface area contributed by atoms with Crippen molar-refractivity contribution >= 4 is 5.95 Å². The van der Waals surface area contributed by atoms with Crippen LogP contribution in [-0.4, -0.2) is 40.1 Å². The second-order valence-corrected chi connectivity index (χ2v) is 5.15. The van der Waals surface area contributed by atoms with Gasteiger partial charge in [-0.2, -0.15) is 0 Å². The van der Waals surface area contributed by atoms with Gasteiger partial charge in [0.1, 0.15) is 0 Å². The predicted molar refractivity (Wildman–Crippen MR) is 71.4 cm³/mol. The first-order valence-electron chi connectivity index (χ1n) is 6.72.